The Bertz CT molecular complexity index is 1010. The van der Waals surface area contributed by atoms with Crippen LogP contribution >= 0.6 is 0 Å². The van der Waals surface area contributed by atoms with E-state index in [0.29, 0.717) is 43.4 Å². The van der Waals surface area contributed by atoms with Gasteiger partial charge in [-0.25, -0.2) is 0 Å². The van der Waals surface area contributed by atoms with E-state index in [1.54, 1.807) is 26.3 Å². The van der Waals surface area contributed by atoms with Gasteiger partial charge in [0.05, 0.1) is 42.1 Å². The molecular weight excluding hydrogens is 435 g/mol. The SMILES string of the molecule is COCCOCCOc1ccnc(C[S+]([O-])c2nc3cc(C(F)(F)F)ccc3[nH]2)c1C. The summed E-state index contributed by atoms with van der Waals surface area (Å²) < 4.78 is 67.4. The number of nitrogens with zero attached hydrogens (tertiary/aromatic N) is 2. The van der Waals surface area contributed by atoms with Crippen LogP contribution in [0.5, 0.6) is 5.75 Å². The summed E-state index contributed by atoms with van der Waals surface area (Å²) in [6, 6.07) is 4.87. The molecule has 11 heteroatoms. The molecule has 2 aromatic heterocycles. The molecule has 7 nitrogen and oxygen atoms in total. The lowest BCUT2D eigenvalue weighted by Gasteiger charge is -2.13. The van der Waals surface area contributed by atoms with Gasteiger partial charge in [-0.05, 0) is 31.2 Å². The average Bonchev–Trinajstić information content (AvgIpc) is 3.16. The van der Waals surface area contributed by atoms with Gasteiger partial charge in [-0.1, -0.05) is 0 Å². The maximum Gasteiger partial charge on any atom is 0.416 e. The molecular formula is C20H22F3N3O4S. The van der Waals surface area contributed by atoms with E-state index in [4.69, 9.17) is 14.2 Å². The molecule has 0 bridgehead atoms. The highest BCUT2D eigenvalue weighted by Gasteiger charge is 2.31. The fourth-order valence-corrected chi connectivity index (χ4v) is 3.87. The summed E-state index contributed by atoms with van der Waals surface area (Å²) in [7, 11) is 1.59. The number of imidazole rings is 1. The third kappa shape index (κ3) is 6.10. The summed E-state index contributed by atoms with van der Waals surface area (Å²) in [5.74, 6) is 0.635. The molecule has 1 atom stereocenters. The van der Waals surface area contributed by atoms with Crippen LogP contribution in [0.2, 0.25) is 0 Å². The molecule has 0 aliphatic rings. The van der Waals surface area contributed by atoms with Crippen molar-refractivity contribution in [3.63, 3.8) is 0 Å². The van der Waals surface area contributed by atoms with Gasteiger partial charge in [-0.15, -0.1) is 0 Å². The molecule has 2 heterocycles. The Hall–Kier alpha value is -2.34. The Kier molecular flexibility index (Phi) is 7.76. The van der Waals surface area contributed by atoms with Gasteiger partial charge in [0.1, 0.15) is 12.4 Å². The third-order valence-corrected chi connectivity index (χ3v) is 5.61. The van der Waals surface area contributed by atoms with Crippen LogP contribution < -0.4 is 4.74 Å². The molecule has 0 radical (unpaired) electrons. The van der Waals surface area contributed by atoms with E-state index in [9.17, 15) is 17.7 Å². The van der Waals surface area contributed by atoms with E-state index >= 15 is 0 Å². The predicted octanol–water partition coefficient (Wildman–Crippen LogP) is 3.63. The summed E-state index contributed by atoms with van der Waals surface area (Å²) in [5, 5.41) is 0.0911. The van der Waals surface area contributed by atoms with Gasteiger partial charge in [0.2, 0.25) is 0 Å². The zero-order valence-electron chi connectivity index (χ0n) is 17.0. The molecule has 1 unspecified atom stereocenters. The van der Waals surface area contributed by atoms with Crippen LogP contribution in [0, 0.1) is 6.92 Å². The van der Waals surface area contributed by atoms with Crippen LogP contribution in [-0.4, -0.2) is 53.0 Å². The number of H-pyrrole nitrogens is 1. The molecule has 0 aliphatic carbocycles. The topological polar surface area (TPSA) is 92.3 Å². The number of halogens is 3. The zero-order valence-corrected chi connectivity index (χ0v) is 17.8. The molecule has 0 amide bonds. The second-order valence-electron chi connectivity index (χ2n) is 6.60. The minimum absolute atomic E-state index is 0.0410. The highest BCUT2D eigenvalue weighted by Crippen LogP contribution is 2.31. The van der Waals surface area contributed by atoms with E-state index in [1.807, 2.05) is 0 Å². The Labute approximate surface area is 180 Å². The van der Waals surface area contributed by atoms with E-state index in [1.165, 1.54) is 6.07 Å². The van der Waals surface area contributed by atoms with Gasteiger partial charge in [0.25, 0.3) is 0 Å². The standard InChI is InChI=1S/C20H22F3N3O4S/c1-13-17(24-6-5-18(13)30-10-9-29-8-7-28-2)12-31(27)19-25-15-4-3-14(20(21,22)23)11-16(15)26-19/h3-6,11H,7-10,12H2,1-2H3,(H,25,26). The summed E-state index contributed by atoms with van der Waals surface area (Å²) in [6.07, 6.45) is -2.92. The summed E-state index contributed by atoms with van der Waals surface area (Å²) >= 11 is -1.63. The lowest BCUT2D eigenvalue weighted by atomic mass is 10.2. The molecule has 0 aliphatic heterocycles. The number of aromatic amines is 1. The second-order valence-corrected chi connectivity index (χ2v) is 7.96. The maximum absolute atomic E-state index is 12.9. The summed E-state index contributed by atoms with van der Waals surface area (Å²) in [5.41, 5.74) is 0.952. The Morgan fingerprint density at radius 3 is 2.65 bits per heavy atom. The molecule has 0 spiro atoms. The molecule has 0 saturated carbocycles. The van der Waals surface area contributed by atoms with Gasteiger partial charge < -0.3 is 18.8 Å². The molecule has 3 aromatic rings. The van der Waals surface area contributed by atoms with Gasteiger partial charge in [-0.2, -0.15) is 18.2 Å². The largest absolute Gasteiger partial charge is 0.609 e. The highest BCUT2D eigenvalue weighted by molar-refractivity contribution is 7.90. The molecule has 168 valence electrons. The van der Waals surface area contributed by atoms with Crippen molar-refractivity contribution in [2.45, 2.75) is 24.0 Å². The van der Waals surface area contributed by atoms with Crippen LogP contribution in [0.25, 0.3) is 11.0 Å². The van der Waals surface area contributed by atoms with Crippen molar-refractivity contribution in [1.29, 1.82) is 0 Å². The quantitative estimate of drug-likeness (QED) is 0.369. The number of nitrogens with one attached hydrogen (secondary N) is 1. The average molecular weight is 457 g/mol. The molecule has 3 rings (SSSR count). The normalized spacial score (nSPS) is 13.0. The zero-order chi connectivity index (χ0) is 22.4. The van der Waals surface area contributed by atoms with E-state index in [2.05, 4.69) is 15.0 Å². The minimum Gasteiger partial charge on any atom is -0.609 e. The molecule has 0 saturated heterocycles. The third-order valence-electron chi connectivity index (χ3n) is 4.45. The number of alkyl halides is 3. The Balaban J connectivity index is 1.66. The molecule has 31 heavy (non-hydrogen) atoms. The first-order valence-electron chi connectivity index (χ1n) is 9.39. The minimum atomic E-state index is -4.47. The van der Waals surface area contributed by atoms with Crippen LogP contribution in [0.1, 0.15) is 16.8 Å². The molecule has 0 fully saturated rings. The number of aromatic nitrogens is 3. The predicted molar refractivity (Wildman–Crippen MR) is 108 cm³/mol. The fourth-order valence-electron chi connectivity index (χ4n) is 2.77. The van der Waals surface area contributed by atoms with E-state index in [0.717, 1.165) is 17.7 Å². The number of fused-ring (bicyclic) bond motifs is 1. The maximum atomic E-state index is 12.9. The highest BCUT2D eigenvalue weighted by atomic mass is 32.2. The van der Waals surface area contributed by atoms with Crippen molar-refractivity contribution in [3.8, 4) is 5.75 Å². The van der Waals surface area contributed by atoms with Crippen LogP contribution in [0.15, 0.2) is 35.6 Å². The first-order chi connectivity index (χ1) is 14.8. The second kappa shape index (κ2) is 10.3. The first kappa shape index (κ1) is 23.3. The van der Waals surface area contributed by atoms with Gasteiger partial charge in [0.15, 0.2) is 5.75 Å². The Morgan fingerprint density at radius 1 is 1.13 bits per heavy atom. The number of pyridine rings is 1. The summed E-state index contributed by atoms with van der Waals surface area (Å²) in [4.78, 5) is 11.2. The lowest BCUT2D eigenvalue weighted by Crippen LogP contribution is -2.12. The molecule has 1 N–H and O–H groups in total. The van der Waals surface area contributed by atoms with Gasteiger partial charge in [0, 0.05) is 30.0 Å². The van der Waals surface area contributed by atoms with Crippen molar-refractivity contribution in [2.75, 3.05) is 33.5 Å². The number of rotatable bonds is 10. The number of benzene rings is 1. The van der Waals surface area contributed by atoms with E-state index in [-0.39, 0.29) is 16.4 Å². The monoisotopic (exact) mass is 457 g/mol. The number of methoxy groups -OCH3 is 1. The first-order valence-corrected chi connectivity index (χ1v) is 10.7. The van der Waals surface area contributed by atoms with Gasteiger partial charge >= 0.3 is 11.3 Å². The van der Waals surface area contributed by atoms with Crippen molar-refractivity contribution < 1.29 is 31.9 Å². The number of hydrogen-bond acceptors (Lipinski definition) is 6. The van der Waals surface area contributed by atoms with Crippen molar-refractivity contribution in [1.82, 2.24) is 15.0 Å². The number of ether oxygens (including phenoxy) is 3. The fraction of sp³-hybridized carbons (Fsp3) is 0.400. The smallest absolute Gasteiger partial charge is 0.416 e. The van der Waals surface area contributed by atoms with Crippen LogP contribution in [0.3, 0.4) is 0 Å². The van der Waals surface area contributed by atoms with Crippen molar-refractivity contribution in [2.24, 2.45) is 0 Å². The summed E-state index contributed by atoms with van der Waals surface area (Å²) in [6.45, 7) is 3.51. The molecule has 1 aromatic carbocycles. The van der Waals surface area contributed by atoms with E-state index < -0.39 is 22.9 Å². The Morgan fingerprint density at radius 2 is 1.90 bits per heavy atom. The van der Waals surface area contributed by atoms with Gasteiger partial charge in [-0.3, -0.25) is 9.97 Å². The van der Waals surface area contributed by atoms with Crippen LogP contribution in [0.4, 0.5) is 13.2 Å². The van der Waals surface area contributed by atoms with Crippen molar-refractivity contribution in [3.05, 3.63) is 47.3 Å². The van der Waals surface area contributed by atoms with Crippen LogP contribution in [-0.2, 0) is 32.6 Å². The van der Waals surface area contributed by atoms with Crippen molar-refractivity contribution >= 4 is 22.2 Å². The lowest BCUT2D eigenvalue weighted by molar-refractivity contribution is -0.137. The number of hydrogen-bond donors (Lipinski definition) is 1.